The van der Waals surface area contributed by atoms with Crippen LogP contribution in [0.5, 0.6) is 5.75 Å². The summed E-state index contributed by atoms with van der Waals surface area (Å²) in [6.45, 7) is 1.72. The lowest BCUT2D eigenvalue weighted by molar-refractivity contribution is -0.137. The Hall–Kier alpha value is -1.64. The Bertz CT molecular complexity index is 555. The Morgan fingerprint density at radius 1 is 1.33 bits per heavy atom. The minimum absolute atomic E-state index is 0.0162. The Morgan fingerprint density at radius 2 is 1.95 bits per heavy atom. The molecule has 0 aliphatic rings. The van der Waals surface area contributed by atoms with Crippen molar-refractivity contribution in [2.45, 2.75) is 30.8 Å². The highest BCUT2D eigenvalue weighted by Crippen LogP contribution is 2.16. The molecule has 0 aliphatic carbocycles. The monoisotopic (exact) mass is 317 g/mol. The van der Waals surface area contributed by atoms with Gasteiger partial charge in [0.2, 0.25) is 10.0 Å². The van der Waals surface area contributed by atoms with Gasteiger partial charge >= 0.3 is 5.97 Å². The number of carbonyl (C=O) groups is 1. The van der Waals surface area contributed by atoms with Crippen LogP contribution in [0.3, 0.4) is 0 Å². The molecular weight excluding hydrogens is 298 g/mol. The van der Waals surface area contributed by atoms with Crippen molar-refractivity contribution >= 4 is 16.0 Å². The van der Waals surface area contributed by atoms with Crippen LogP contribution in [0.4, 0.5) is 0 Å². The number of aliphatic carboxylic acids is 1. The summed E-state index contributed by atoms with van der Waals surface area (Å²) in [4.78, 5) is 10.4. The summed E-state index contributed by atoms with van der Waals surface area (Å²) in [5.41, 5.74) is 0. The smallest absolute Gasteiger partial charge is 0.306 e. The second-order valence-electron chi connectivity index (χ2n) is 4.38. The Balaban J connectivity index is 2.61. The molecule has 0 bridgehead atoms. The van der Waals surface area contributed by atoms with Crippen LogP contribution < -0.4 is 9.46 Å². The summed E-state index contributed by atoms with van der Waals surface area (Å²) >= 11 is 0. The molecule has 0 spiro atoms. The molecule has 1 aromatic rings. The van der Waals surface area contributed by atoms with Crippen molar-refractivity contribution in [1.82, 2.24) is 4.72 Å². The quantitative estimate of drug-likeness (QED) is 0.614. The maximum absolute atomic E-state index is 11.9. The van der Waals surface area contributed by atoms with Gasteiger partial charge in [-0.1, -0.05) is 6.92 Å². The van der Waals surface area contributed by atoms with E-state index in [2.05, 4.69) is 4.72 Å². The minimum atomic E-state index is -3.68. The first-order chi connectivity index (χ1) is 9.85. The first-order valence-electron chi connectivity index (χ1n) is 6.47. The number of carboxylic acid groups (broad SMARTS) is 1. The number of benzene rings is 1. The van der Waals surface area contributed by atoms with Crippen molar-refractivity contribution in [3.8, 4) is 5.75 Å². The van der Waals surface area contributed by atoms with Crippen molar-refractivity contribution < 1.29 is 28.2 Å². The molecule has 1 atom stereocenters. The first kappa shape index (κ1) is 17.4. The predicted molar refractivity (Wildman–Crippen MR) is 75.7 cm³/mol. The summed E-state index contributed by atoms with van der Waals surface area (Å²) in [7, 11) is -3.68. The number of ether oxygens (including phenoxy) is 1. The number of nitrogens with one attached hydrogen (secondary N) is 1. The van der Waals surface area contributed by atoms with Gasteiger partial charge in [0.25, 0.3) is 0 Å². The summed E-state index contributed by atoms with van der Waals surface area (Å²) in [5.74, 6) is -0.573. The van der Waals surface area contributed by atoms with Gasteiger partial charge in [0.1, 0.15) is 5.75 Å². The molecule has 0 amide bonds. The van der Waals surface area contributed by atoms with Gasteiger partial charge in [-0.05, 0) is 30.7 Å². The zero-order valence-corrected chi connectivity index (χ0v) is 12.5. The molecule has 0 fully saturated rings. The van der Waals surface area contributed by atoms with E-state index in [0.29, 0.717) is 12.2 Å². The molecule has 1 unspecified atom stereocenters. The highest BCUT2D eigenvalue weighted by molar-refractivity contribution is 7.89. The molecule has 7 nitrogen and oxygen atoms in total. The molecule has 0 saturated heterocycles. The molecule has 21 heavy (non-hydrogen) atoms. The normalized spacial score (nSPS) is 12.9. The number of hydrogen-bond acceptors (Lipinski definition) is 5. The first-order valence-corrected chi connectivity index (χ1v) is 7.96. The van der Waals surface area contributed by atoms with Gasteiger partial charge in [0, 0.05) is 6.54 Å². The van der Waals surface area contributed by atoms with E-state index in [1.165, 1.54) is 24.3 Å². The second-order valence-corrected chi connectivity index (χ2v) is 6.14. The Kier molecular flexibility index (Phi) is 6.60. The van der Waals surface area contributed by atoms with Crippen LogP contribution in [0, 0.1) is 0 Å². The van der Waals surface area contributed by atoms with Crippen LogP contribution in [0.15, 0.2) is 29.2 Å². The van der Waals surface area contributed by atoms with Gasteiger partial charge in [0.05, 0.1) is 24.0 Å². The maximum atomic E-state index is 11.9. The molecule has 3 N–H and O–H groups in total. The van der Waals surface area contributed by atoms with Crippen molar-refractivity contribution in [2.75, 3.05) is 13.2 Å². The second kappa shape index (κ2) is 7.96. The largest absolute Gasteiger partial charge is 0.493 e. The molecule has 1 rings (SSSR count). The Labute approximate surface area is 123 Å². The minimum Gasteiger partial charge on any atom is -0.493 e. The van der Waals surface area contributed by atoms with Gasteiger partial charge in [-0.25, -0.2) is 13.1 Å². The van der Waals surface area contributed by atoms with E-state index in [9.17, 15) is 18.3 Å². The number of hydrogen-bond donors (Lipinski definition) is 3. The predicted octanol–water partition coefficient (Wildman–Crippen LogP) is 0.589. The van der Waals surface area contributed by atoms with E-state index >= 15 is 0 Å². The van der Waals surface area contributed by atoms with Crippen molar-refractivity contribution in [2.24, 2.45) is 0 Å². The van der Waals surface area contributed by atoms with Crippen molar-refractivity contribution in [1.29, 1.82) is 0 Å². The summed E-state index contributed by atoms with van der Waals surface area (Å²) in [5, 5.41) is 17.8. The number of rotatable bonds is 9. The molecule has 118 valence electrons. The van der Waals surface area contributed by atoms with E-state index in [1.54, 1.807) is 6.92 Å². The summed E-state index contributed by atoms with van der Waals surface area (Å²) in [6, 6.07) is 5.62. The lowest BCUT2D eigenvalue weighted by Crippen LogP contribution is -2.31. The van der Waals surface area contributed by atoms with Gasteiger partial charge < -0.3 is 14.9 Å². The standard InChI is InChI=1S/C13H19NO6S/c1-2-10(15)9-14-21(18,19)12-5-3-11(4-6-12)20-8-7-13(16)17/h3-6,10,14-15H,2,7-9H2,1H3,(H,16,17). The topological polar surface area (TPSA) is 113 Å². The third kappa shape index (κ3) is 6.11. The SMILES string of the molecule is CCC(O)CNS(=O)(=O)c1ccc(OCCC(=O)O)cc1. The average molecular weight is 317 g/mol. The van der Waals surface area contributed by atoms with E-state index in [1.807, 2.05) is 0 Å². The third-order valence-corrected chi connectivity index (χ3v) is 4.14. The van der Waals surface area contributed by atoms with Gasteiger partial charge in [-0.2, -0.15) is 0 Å². The van der Waals surface area contributed by atoms with Crippen molar-refractivity contribution in [3.63, 3.8) is 0 Å². The van der Waals surface area contributed by atoms with E-state index in [0.717, 1.165) is 0 Å². The molecule has 0 radical (unpaired) electrons. The van der Waals surface area contributed by atoms with Crippen LogP contribution in [-0.4, -0.2) is 43.9 Å². The van der Waals surface area contributed by atoms with E-state index < -0.39 is 22.1 Å². The molecule has 0 aromatic heterocycles. The van der Waals surface area contributed by atoms with Gasteiger partial charge in [-0.3, -0.25) is 4.79 Å². The van der Waals surface area contributed by atoms with Crippen LogP contribution in [-0.2, 0) is 14.8 Å². The maximum Gasteiger partial charge on any atom is 0.306 e. The molecule has 0 aliphatic heterocycles. The number of aliphatic hydroxyl groups excluding tert-OH is 1. The Morgan fingerprint density at radius 3 is 2.48 bits per heavy atom. The fourth-order valence-electron chi connectivity index (χ4n) is 1.40. The average Bonchev–Trinajstić information content (AvgIpc) is 2.45. The number of carboxylic acids is 1. The summed E-state index contributed by atoms with van der Waals surface area (Å²) in [6.07, 6.45) is -0.395. The van der Waals surface area contributed by atoms with Crippen LogP contribution in [0.25, 0.3) is 0 Å². The third-order valence-electron chi connectivity index (χ3n) is 2.70. The van der Waals surface area contributed by atoms with Crippen molar-refractivity contribution in [3.05, 3.63) is 24.3 Å². The fraction of sp³-hybridized carbons (Fsp3) is 0.462. The highest BCUT2D eigenvalue weighted by Gasteiger charge is 2.15. The molecule has 1 aromatic carbocycles. The lowest BCUT2D eigenvalue weighted by atomic mass is 10.3. The number of aliphatic hydroxyl groups is 1. The fourth-order valence-corrected chi connectivity index (χ4v) is 2.48. The molecule has 0 saturated carbocycles. The molecule has 0 heterocycles. The zero-order chi connectivity index (χ0) is 15.9. The van der Waals surface area contributed by atoms with Crippen LogP contribution >= 0.6 is 0 Å². The van der Waals surface area contributed by atoms with Crippen LogP contribution in [0.1, 0.15) is 19.8 Å². The van der Waals surface area contributed by atoms with E-state index in [4.69, 9.17) is 9.84 Å². The number of sulfonamides is 1. The molecule has 8 heteroatoms. The molecular formula is C13H19NO6S. The van der Waals surface area contributed by atoms with Gasteiger partial charge in [-0.15, -0.1) is 0 Å². The van der Waals surface area contributed by atoms with Gasteiger partial charge in [0.15, 0.2) is 0 Å². The van der Waals surface area contributed by atoms with E-state index in [-0.39, 0.29) is 24.5 Å². The highest BCUT2D eigenvalue weighted by atomic mass is 32.2. The lowest BCUT2D eigenvalue weighted by Gasteiger charge is -2.11. The zero-order valence-electron chi connectivity index (χ0n) is 11.7. The van der Waals surface area contributed by atoms with Crippen LogP contribution in [0.2, 0.25) is 0 Å². The summed E-state index contributed by atoms with van der Waals surface area (Å²) < 4.78 is 31.3.